The molecule has 0 radical (unpaired) electrons. The van der Waals surface area contributed by atoms with Gasteiger partial charge in [0.15, 0.2) is 0 Å². The van der Waals surface area contributed by atoms with Gasteiger partial charge in [-0.2, -0.15) is 11.8 Å². The molecule has 0 saturated heterocycles. The molecular weight excluding hydrogens is 248 g/mol. The molecule has 0 atom stereocenters. The van der Waals surface area contributed by atoms with Crippen LogP contribution in [0.25, 0.3) is 0 Å². The van der Waals surface area contributed by atoms with Crippen LogP contribution in [0.15, 0.2) is 0 Å². The Morgan fingerprint density at radius 3 is 0.842 bits per heavy atom. The third-order valence-electron chi connectivity index (χ3n) is 3.32. The molecule has 0 rings (SSSR count). The molecule has 0 aromatic carbocycles. The van der Waals surface area contributed by atoms with Gasteiger partial charge in [-0.3, -0.25) is 0 Å². The lowest BCUT2D eigenvalue weighted by molar-refractivity contribution is 0.472. The lowest BCUT2D eigenvalue weighted by Crippen LogP contribution is -2.18. The molecule has 0 aliphatic carbocycles. The summed E-state index contributed by atoms with van der Waals surface area (Å²) in [5.41, 5.74) is 0. The van der Waals surface area contributed by atoms with E-state index in [1.54, 1.807) is 0 Å². The number of hydrogen-bond acceptors (Lipinski definition) is 1. The second kappa shape index (κ2) is 10.1. The highest BCUT2D eigenvalue weighted by Crippen LogP contribution is 2.34. The minimum absolute atomic E-state index is 0.829. The van der Waals surface area contributed by atoms with Gasteiger partial charge in [-0.15, -0.1) is 0 Å². The van der Waals surface area contributed by atoms with E-state index in [2.05, 4.69) is 67.2 Å². The maximum Gasteiger partial charge on any atom is 0.00547 e. The fourth-order valence-corrected chi connectivity index (χ4v) is 5.32. The van der Waals surface area contributed by atoms with E-state index in [4.69, 9.17) is 0 Å². The summed E-state index contributed by atoms with van der Waals surface area (Å²) < 4.78 is 0. The molecule has 116 valence electrons. The summed E-state index contributed by atoms with van der Waals surface area (Å²) in [5, 5.41) is 1.73. The van der Waals surface area contributed by atoms with Gasteiger partial charge in [0.1, 0.15) is 0 Å². The maximum atomic E-state index is 2.37. The van der Waals surface area contributed by atoms with Crippen LogP contribution in [0, 0.1) is 23.7 Å². The number of thioether (sulfide) groups is 1. The van der Waals surface area contributed by atoms with Gasteiger partial charge >= 0.3 is 0 Å². The molecule has 0 aromatic rings. The van der Waals surface area contributed by atoms with Gasteiger partial charge in [-0.1, -0.05) is 55.4 Å². The van der Waals surface area contributed by atoms with E-state index in [0.29, 0.717) is 0 Å². The maximum absolute atomic E-state index is 2.37. The second-order valence-corrected chi connectivity index (χ2v) is 9.50. The van der Waals surface area contributed by atoms with E-state index < -0.39 is 0 Å². The second-order valence-electron chi connectivity index (χ2n) is 7.90. The Morgan fingerprint density at radius 2 is 0.684 bits per heavy atom. The molecule has 1 heteroatoms. The Hall–Kier alpha value is 0.350. The average Bonchev–Trinajstić information content (AvgIpc) is 2.11. The molecule has 0 aliphatic rings. The van der Waals surface area contributed by atoms with Crippen LogP contribution in [0.4, 0.5) is 0 Å². The van der Waals surface area contributed by atoms with E-state index in [1.165, 1.54) is 25.7 Å². The van der Waals surface area contributed by atoms with Crippen molar-refractivity contribution in [1.29, 1.82) is 0 Å². The van der Waals surface area contributed by atoms with Gasteiger partial charge in [0.2, 0.25) is 0 Å². The summed E-state index contributed by atoms with van der Waals surface area (Å²) in [6.07, 6.45) is 5.54. The molecule has 0 nitrogen and oxygen atoms in total. The highest BCUT2D eigenvalue weighted by Gasteiger charge is 2.21. The summed E-state index contributed by atoms with van der Waals surface area (Å²) in [6, 6.07) is 0. The molecule has 0 aliphatic heterocycles. The number of rotatable bonds is 10. The van der Waals surface area contributed by atoms with E-state index >= 15 is 0 Å². The first-order valence-corrected chi connectivity index (χ1v) is 9.30. The zero-order valence-electron chi connectivity index (χ0n) is 14.7. The van der Waals surface area contributed by atoms with Crippen LogP contribution >= 0.6 is 11.8 Å². The van der Waals surface area contributed by atoms with Crippen molar-refractivity contribution in [3.8, 4) is 0 Å². The topological polar surface area (TPSA) is 0 Å². The fourth-order valence-electron chi connectivity index (χ4n) is 2.79. The molecule has 0 amide bonds. The molecular formula is C18H38S. The molecule has 0 bridgehead atoms. The Bertz CT molecular complexity index is 164. The van der Waals surface area contributed by atoms with Crippen LogP contribution in [0.5, 0.6) is 0 Å². The Morgan fingerprint density at radius 1 is 0.474 bits per heavy atom. The molecule has 0 fully saturated rings. The average molecular weight is 287 g/mol. The Kier molecular flexibility index (Phi) is 10.3. The van der Waals surface area contributed by atoms with Crippen LogP contribution in [-0.2, 0) is 0 Å². The predicted octanol–water partition coefficient (Wildman–Crippen LogP) is 6.64. The van der Waals surface area contributed by atoms with E-state index in [9.17, 15) is 0 Å². The Labute approximate surface area is 127 Å². The van der Waals surface area contributed by atoms with Gasteiger partial charge in [-0.25, -0.2) is 0 Å². The van der Waals surface area contributed by atoms with Crippen molar-refractivity contribution in [2.75, 3.05) is 0 Å². The van der Waals surface area contributed by atoms with Crippen molar-refractivity contribution in [3.05, 3.63) is 0 Å². The van der Waals surface area contributed by atoms with Crippen molar-refractivity contribution in [2.45, 2.75) is 91.6 Å². The molecule has 0 unspecified atom stereocenters. The van der Waals surface area contributed by atoms with E-state index in [0.717, 1.165) is 34.2 Å². The molecule has 0 saturated carbocycles. The molecule has 19 heavy (non-hydrogen) atoms. The van der Waals surface area contributed by atoms with Crippen molar-refractivity contribution in [2.24, 2.45) is 23.7 Å². The lowest BCUT2D eigenvalue weighted by Gasteiger charge is -2.28. The quantitative estimate of drug-likeness (QED) is 0.433. The zero-order chi connectivity index (χ0) is 15.0. The third kappa shape index (κ3) is 11.8. The fraction of sp³-hybridized carbons (Fsp3) is 1.00. The lowest BCUT2D eigenvalue weighted by atomic mass is 10.00. The highest BCUT2D eigenvalue weighted by atomic mass is 32.2. The van der Waals surface area contributed by atoms with Crippen molar-refractivity contribution in [1.82, 2.24) is 0 Å². The van der Waals surface area contributed by atoms with Gasteiger partial charge in [0.25, 0.3) is 0 Å². The van der Waals surface area contributed by atoms with Crippen LogP contribution < -0.4 is 0 Å². The van der Waals surface area contributed by atoms with Gasteiger partial charge in [0, 0.05) is 10.5 Å². The Balaban J connectivity index is 4.51. The zero-order valence-corrected chi connectivity index (χ0v) is 15.5. The normalized spacial score (nSPS) is 12.9. The predicted molar refractivity (Wildman–Crippen MR) is 93.0 cm³/mol. The summed E-state index contributed by atoms with van der Waals surface area (Å²) in [4.78, 5) is 0. The number of hydrogen-bond donors (Lipinski definition) is 0. The largest absolute Gasteiger partial charge is 0.155 e. The molecule has 0 spiro atoms. The highest BCUT2D eigenvalue weighted by molar-refractivity contribution is 8.00. The molecule has 0 aromatic heterocycles. The smallest absolute Gasteiger partial charge is 0.00547 e. The van der Waals surface area contributed by atoms with Crippen LogP contribution in [-0.4, -0.2) is 10.5 Å². The van der Waals surface area contributed by atoms with Crippen molar-refractivity contribution >= 4 is 11.8 Å². The first-order valence-electron chi connectivity index (χ1n) is 8.36. The SMILES string of the molecule is CC(C)CC(CC(C)C)SC(CC(C)C)CC(C)C. The molecule has 0 heterocycles. The van der Waals surface area contributed by atoms with Gasteiger partial charge in [0.05, 0.1) is 0 Å². The summed E-state index contributed by atoms with van der Waals surface area (Å²) in [6.45, 7) is 19.0. The van der Waals surface area contributed by atoms with Crippen molar-refractivity contribution < 1.29 is 0 Å². The monoisotopic (exact) mass is 286 g/mol. The minimum Gasteiger partial charge on any atom is -0.155 e. The van der Waals surface area contributed by atoms with Gasteiger partial charge < -0.3 is 0 Å². The van der Waals surface area contributed by atoms with Crippen LogP contribution in [0.2, 0.25) is 0 Å². The third-order valence-corrected chi connectivity index (χ3v) is 4.86. The van der Waals surface area contributed by atoms with E-state index in [-0.39, 0.29) is 0 Å². The minimum atomic E-state index is 0.829. The molecule has 0 N–H and O–H groups in total. The first kappa shape index (κ1) is 19.4. The summed E-state index contributed by atoms with van der Waals surface area (Å²) in [5.74, 6) is 3.31. The summed E-state index contributed by atoms with van der Waals surface area (Å²) in [7, 11) is 0. The first-order chi connectivity index (χ1) is 8.70. The van der Waals surface area contributed by atoms with Crippen LogP contribution in [0.3, 0.4) is 0 Å². The van der Waals surface area contributed by atoms with Gasteiger partial charge in [-0.05, 0) is 49.4 Å². The van der Waals surface area contributed by atoms with Crippen molar-refractivity contribution in [3.63, 3.8) is 0 Å². The standard InChI is InChI=1S/C18H38S/c1-13(2)9-17(10-14(3)4)19-18(11-15(5)6)12-16(7)8/h13-18H,9-12H2,1-8H3. The van der Waals surface area contributed by atoms with E-state index in [1.807, 2.05) is 0 Å². The van der Waals surface area contributed by atoms with Crippen LogP contribution in [0.1, 0.15) is 81.1 Å². The summed E-state index contributed by atoms with van der Waals surface area (Å²) >= 11 is 2.30.